The number of unbranched alkanes of at least 4 members (excludes halogenated alkanes) is 2. The fraction of sp³-hybridized carbons (Fsp3) is 0.466. The number of aliphatic hydroxyl groups excluding tert-OH is 5. The maximum Gasteiger partial charge on any atom is 0.251 e. The van der Waals surface area contributed by atoms with Crippen molar-refractivity contribution in [3.8, 4) is 33.8 Å². The molecule has 4 aromatic carbocycles. The number of carbonyl (C=O) groups excluding carboxylic acids is 7. The van der Waals surface area contributed by atoms with Crippen LogP contribution in [0.3, 0.4) is 0 Å². The van der Waals surface area contributed by atoms with Crippen molar-refractivity contribution in [2.45, 2.75) is 139 Å². The summed E-state index contributed by atoms with van der Waals surface area (Å²) in [6, 6.07) is 18.1. The number of aromatic hydroxyl groups is 1. The van der Waals surface area contributed by atoms with Crippen LogP contribution in [0.1, 0.15) is 82.1 Å². The summed E-state index contributed by atoms with van der Waals surface area (Å²) < 4.78 is 5.86. The van der Waals surface area contributed by atoms with Gasteiger partial charge in [0.2, 0.25) is 35.4 Å². The fourth-order valence-corrected chi connectivity index (χ4v) is 10.2. The number of hydrogen-bond acceptors (Lipinski definition) is 14. The normalized spacial score (nSPS) is 25.8. The highest BCUT2D eigenvalue weighted by atomic mass is 16.5. The van der Waals surface area contributed by atoms with Gasteiger partial charge in [-0.2, -0.15) is 0 Å². The van der Waals surface area contributed by atoms with Crippen LogP contribution in [0, 0.1) is 5.92 Å². The minimum atomic E-state index is -1.91. The zero-order valence-electron chi connectivity index (χ0n) is 44.8. The molecule has 3 fully saturated rings. The molecule has 3 aliphatic heterocycles. The SMILES string of the molecule is CCCCCOc1ccc(-c2ccc(-c3ccc(C(=O)N[C@H]4CCCNC(=O)[C@@H]5[C@@H](O)[C@@H](C)CN5C(=O)[C@H](C(C)O)NC(=O)[C@H]([C@H](O)Cc5ccc(O)cc5)NC(=O)[C@@H]5C[C@@H](O)CN5C(=O)[C@H](C(C)O)NC4=O)cc3)cc2)cc1. The highest BCUT2D eigenvalue weighted by Crippen LogP contribution is 2.29. The number of nitrogens with zero attached hydrogens (tertiary/aromatic N) is 2. The van der Waals surface area contributed by atoms with Crippen molar-refractivity contribution in [3.63, 3.8) is 0 Å². The Hall–Kier alpha value is -7.43. The number of rotatable bonds is 14. The first-order chi connectivity index (χ1) is 37.7. The third-order valence-corrected chi connectivity index (χ3v) is 14.7. The second-order valence-corrected chi connectivity index (χ2v) is 20.9. The molecule has 3 aliphatic rings. The highest BCUT2D eigenvalue weighted by molar-refractivity contribution is 6.00. The molecule has 0 saturated carbocycles. The van der Waals surface area contributed by atoms with Crippen LogP contribution in [-0.2, 0) is 35.2 Å². The molecule has 79 heavy (non-hydrogen) atoms. The van der Waals surface area contributed by atoms with Gasteiger partial charge in [-0.25, -0.2) is 0 Å². The van der Waals surface area contributed by atoms with Gasteiger partial charge in [-0.1, -0.05) is 87.4 Å². The molecule has 3 heterocycles. The van der Waals surface area contributed by atoms with Crippen LogP contribution in [0.25, 0.3) is 22.3 Å². The van der Waals surface area contributed by atoms with E-state index in [-0.39, 0.29) is 50.1 Å². The van der Waals surface area contributed by atoms with Gasteiger partial charge >= 0.3 is 0 Å². The standard InChI is InChI=1S/C58H73N7O14/c1-5-6-7-27-79-43-24-20-39(21-25-43)37-14-12-36(13-15-37)38-16-18-40(19-17-38)52(72)60-44-9-8-26-59-56(76)50-51(71)32(2)30-65(50)58(78)48(34(4)67)62-55(75)49(46(70)28-35-10-22-41(68)23-11-35)63-54(74)45-29-42(69)31-64(45)57(77)47(33(3)66)61-53(44)73/h10-25,32-34,42,44-51,66-71H,5-9,26-31H2,1-4H3,(H,59,76)(H,60,72)(H,61,73)(H,62,75)(H,63,74)/t32-,33?,34?,42+,44-,45-,46+,47-,48-,49-,50-,51-/m0/s1. The lowest BCUT2D eigenvalue weighted by atomic mass is 9.99. The van der Waals surface area contributed by atoms with E-state index in [1.807, 2.05) is 48.5 Å². The molecule has 3 saturated heterocycles. The number of nitrogens with one attached hydrogen (secondary N) is 5. The molecule has 21 heteroatoms. The molecule has 21 nitrogen and oxygen atoms in total. The van der Waals surface area contributed by atoms with Gasteiger partial charge in [-0.05, 0) is 97.3 Å². The van der Waals surface area contributed by atoms with E-state index in [0.29, 0.717) is 12.2 Å². The van der Waals surface area contributed by atoms with Crippen LogP contribution < -0.4 is 31.3 Å². The van der Waals surface area contributed by atoms with Crippen LogP contribution in [0.4, 0.5) is 0 Å². The zero-order chi connectivity index (χ0) is 57.1. The Morgan fingerprint density at radius 3 is 1.81 bits per heavy atom. The average Bonchev–Trinajstić information content (AvgIpc) is 4.02. The van der Waals surface area contributed by atoms with Gasteiger partial charge in [0, 0.05) is 44.0 Å². The van der Waals surface area contributed by atoms with Crippen LogP contribution in [-0.4, -0.2) is 175 Å². The van der Waals surface area contributed by atoms with E-state index in [0.717, 1.165) is 57.1 Å². The molecule has 11 N–H and O–H groups in total. The largest absolute Gasteiger partial charge is 0.508 e. The summed E-state index contributed by atoms with van der Waals surface area (Å²) in [5, 5.41) is 78.4. The van der Waals surface area contributed by atoms with E-state index in [1.165, 1.54) is 38.1 Å². The summed E-state index contributed by atoms with van der Waals surface area (Å²) >= 11 is 0. The van der Waals surface area contributed by atoms with Gasteiger partial charge in [0.15, 0.2) is 0 Å². The lowest BCUT2D eigenvalue weighted by Crippen LogP contribution is -2.64. The maximum atomic E-state index is 14.4. The van der Waals surface area contributed by atoms with E-state index >= 15 is 0 Å². The Morgan fingerprint density at radius 2 is 1.23 bits per heavy atom. The van der Waals surface area contributed by atoms with Crippen LogP contribution in [0.5, 0.6) is 11.5 Å². The number of ether oxygens (including phenoxy) is 1. The van der Waals surface area contributed by atoms with Gasteiger partial charge in [-0.3, -0.25) is 33.6 Å². The molecular weight excluding hydrogens is 1020 g/mol. The van der Waals surface area contributed by atoms with Gasteiger partial charge in [0.25, 0.3) is 5.91 Å². The zero-order valence-corrected chi connectivity index (χ0v) is 44.8. The van der Waals surface area contributed by atoms with Gasteiger partial charge in [0.05, 0.1) is 37.1 Å². The van der Waals surface area contributed by atoms with E-state index < -0.39 is 121 Å². The van der Waals surface area contributed by atoms with E-state index in [1.54, 1.807) is 31.2 Å². The minimum Gasteiger partial charge on any atom is -0.508 e. The summed E-state index contributed by atoms with van der Waals surface area (Å²) in [5.41, 5.74) is 4.27. The highest BCUT2D eigenvalue weighted by Gasteiger charge is 2.49. The molecule has 4 aromatic rings. The van der Waals surface area contributed by atoms with Crippen molar-refractivity contribution in [2.75, 3.05) is 26.2 Å². The summed E-state index contributed by atoms with van der Waals surface area (Å²) in [4.78, 5) is 102. The number of aliphatic hydroxyl groups is 5. The molecule has 7 amide bonds. The Kier molecular flexibility index (Phi) is 20.2. The Labute approximate surface area is 458 Å². The Morgan fingerprint density at radius 1 is 0.684 bits per heavy atom. The third kappa shape index (κ3) is 14.8. The predicted octanol–water partition coefficient (Wildman–Crippen LogP) is 1.29. The fourth-order valence-electron chi connectivity index (χ4n) is 10.2. The molecule has 7 rings (SSSR count). The van der Waals surface area contributed by atoms with Crippen molar-refractivity contribution in [2.24, 2.45) is 5.92 Å². The summed E-state index contributed by atoms with van der Waals surface area (Å²) in [6.45, 7) is 6.05. The lowest BCUT2D eigenvalue weighted by molar-refractivity contribution is -0.147. The first-order valence-corrected chi connectivity index (χ1v) is 27.0. The molecule has 0 aromatic heterocycles. The number of hydrogen-bond donors (Lipinski definition) is 11. The minimum absolute atomic E-state index is 0.0103. The van der Waals surface area contributed by atoms with E-state index in [9.17, 15) is 64.2 Å². The third-order valence-electron chi connectivity index (χ3n) is 14.7. The molecule has 0 bridgehead atoms. The van der Waals surface area contributed by atoms with Crippen LogP contribution >= 0.6 is 0 Å². The summed E-state index contributed by atoms with van der Waals surface area (Å²) in [5.74, 6) is -6.54. The second-order valence-electron chi connectivity index (χ2n) is 20.9. The number of phenolic OH excluding ortho intramolecular Hbond substituents is 1. The van der Waals surface area contributed by atoms with Crippen LogP contribution in [0.15, 0.2) is 97.1 Å². The number of carbonyl (C=O) groups is 7. The number of amides is 7. The van der Waals surface area contributed by atoms with Crippen molar-refractivity contribution >= 4 is 41.4 Å². The Bertz CT molecular complexity index is 2760. The summed E-state index contributed by atoms with van der Waals surface area (Å²) in [6.07, 6.45) is -5.29. The lowest BCUT2D eigenvalue weighted by Gasteiger charge is -2.33. The molecule has 0 radical (unpaired) electrons. The smallest absolute Gasteiger partial charge is 0.251 e. The molecule has 0 aliphatic carbocycles. The molecule has 12 atom stereocenters. The predicted molar refractivity (Wildman–Crippen MR) is 290 cm³/mol. The first-order valence-electron chi connectivity index (χ1n) is 27.0. The number of fused-ring (bicyclic) bond motifs is 2. The topological polar surface area (TPSA) is 317 Å². The van der Waals surface area contributed by atoms with Crippen molar-refractivity contribution in [1.82, 2.24) is 36.4 Å². The maximum absolute atomic E-state index is 14.4. The van der Waals surface area contributed by atoms with Crippen LogP contribution in [0.2, 0.25) is 0 Å². The van der Waals surface area contributed by atoms with Crippen molar-refractivity contribution < 1.29 is 68.9 Å². The average molecular weight is 1090 g/mol. The van der Waals surface area contributed by atoms with Crippen molar-refractivity contribution in [3.05, 3.63) is 108 Å². The number of benzene rings is 4. The second kappa shape index (κ2) is 27.0. The van der Waals surface area contributed by atoms with Gasteiger partial charge < -0.3 is 71.8 Å². The van der Waals surface area contributed by atoms with E-state index in [4.69, 9.17) is 4.74 Å². The number of phenols is 1. The van der Waals surface area contributed by atoms with Gasteiger partial charge in [-0.15, -0.1) is 0 Å². The molecule has 0 spiro atoms. The van der Waals surface area contributed by atoms with Gasteiger partial charge in [0.1, 0.15) is 47.8 Å². The quantitative estimate of drug-likeness (QED) is 0.0794. The molecular formula is C58H73N7O14. The summed E-state index contributed by atoms with van der Waals surface area (Å²) in [7, 11) is 0. The van der Waals surface area contributed by atoms with Crippen molar-refractivity contribution in [1.29, 1.82) is 0 Å². The first kappa shape index (κ1) is 59.2. The Balaban J connectivity index is 1.13. The molecule has 424 valence electrons. The molecule has 2 unspecified atom stereocenters. The van der Waals surface area contributed by atoms with E-state index in [2.05, 4.69) is 33.5 Å². The monoisotopic (exact) mass is 1090 g/mol.